The topological polar surface area (TPSA) is 34.1 Å². The van der Waals surface area contributed by atoms with E-state index in [0.717, 1.165) is 24.0 Å². The summed E-state index contributed by atoms with van der Waals surface area (Å²) in [6, 6.07) is 8.07. The molecule has 1 heterocycles. The van der Waals surface area contributed by atoms with Gasteiger partial charge in [-0.2, -0.15) is 0 Å². The molecule has 3 heteroatoms. The molecule has 1 unspecified atom stereocenters. The molecule has 1 aromatic rings. The Labute approximate surface area is 83.2 Å². The van der Waals surface area contributed by atoms with Crippen molar-refractivity contribution in [3.63, 3.8) is 0 Å². The van der Waals surface area contributed by atoms with E-state index in [9.17, 15) is 8.42 Å². The molecule has 0 fully saturated rings. The van der Waals surface area contributed by atoms with E-state index in [2.05, 4.69) is 6.07 Å². The molecule has 0 radical (unpaired) electrons. The van der Waals surface area contributed by atoms with E-state index >= 15 is 0 Å². The third-order valence-electron chi connectivity index (χ3n) is 3.04. The molecule has 0 amide bonds. The summed E-state index contributed by atoms with van der Waals surface area (Å²) in [5.74, 6) is 0. The Kier molecular flexibility index (Phi) is 1.46. The average Bonchev–Trinajstić information content (AvgIpc) is 2.16. The molecule has 0 N–H and O–H groups in total. The number of hydrogen-bond acceptors (Lipinski definition) is 2. The summed E-state index contributed by atoms with van der Waals surface area (Å²) in [5.41, 5.74) is 3.44. The molecule has 0 spiro atoms. The van der Waals surface area contributed by atoms with Crippen LogP contribution in [0.4, 0.5) is 0 Å². The number of benzene rings is 1. The molecule has 2 nitrogen and oxygen atoms in total. The molecule has 0 saturated carbocycles. The van der Waals surface area contributed by atoms with Crippen LogP contribution < -0.4 is 0 Å². The van der Waals surface area contributed by atoms with E-state index in [1.54, 1.807) is 0 Å². The maximum Gasteiger partial charge on any atom is 0.178 e. The first-order chi connectivity index (χ1) is 6.68. The Balaban J connectivity index is 2.23. The zero-order valence-electron chi connectivity index (χ0n) is 7.60. The van der Waals surface area contributed by atoms with Gasteiger partial charge in [0, 0.05) is 5.41 Å². The van der Waals surface area contributed by atoms with Crippen LogP contribution >= 0.6 is 0 Å². The number of aryl methyl sites for hydroxylation is 1. The lowest BCUT2D eigenvalue weighted by molar-refractivity contribution is 0.587. The molecular formula is C11H10O2S. The summed E-state index contributed by atoms with van der Waals surface area (Å²) in [5, 5.41) is 1.22. The minimum atomic E-state index is -2.89. The highest BCUT2D eigenvalue weighted by atomic mass is 32.2. The van der Waals surface area contributed by atoms with Gasteiger partial charge < -0.3 is 0 Å². The quantitative estimate of drug-likeness (QED) is 0.648. The summed E-state index contributed by atoms with van der Waals surface area (Å²) >= 11 is 0. The number of fused-ring (bicyclic) bond motifs is 3. The minimum absolute atomic E-state index is 0.211. The van der Waals surface area contributed by atoms with Crippen LogP contribution in [-0.2, 0) is 16.3 Å². The van der Waals surface area contributed by atoms with Crippen LogP contribution in [0.1, 0.15) is 17.5 Å². The summed E-state index contributed by atoms with van der Waals surface area (Å²) in [4.78, 5) is 0. The van der Waals surface area contributed by atoms with Crippen LogP contribution in [0.15, 0.2) is 29.7 Å². The number of rotatable bonds is 0. The van der Waals surface area contributed by atoms with E-state index < -0.39 is 9.84 Å². The fourth-order valence-corrected chi connectivity index (χ4v) is 3.88. The van der Waals surface area contributed by atoms with Gasteiger partial charge in [-0.05, 0) is 29.5 Å². The summed E-state index contributed by atoms with van der Waals surface area (Å²) in [6.45, 7) is 0. The van der Waals surface area contributed by atoms with Crippen molar-refractivity contribution in [2.24, 2.45) is 0 Å². The Morgan fingerprint density at radius 3 is 2.79 bits per heavy atom. The lowest BCUT2D eigenvalue weighted by atomic mass is 9.87. The molecule has 2 aliphatic rings. The van der Waals surface area contributed by atoms with Crippen molar-refractivity contribution < 1.29 is 8.42 Å². The fourth-order valence-electron chi connectivity index (χ4n) is 2.30. The Morgan fingerprint density at radius 2 is 2.00 bits per heavy atom. The maximum absolute atomic E-state index is 11.4. The SMILES string of the molecule is O=S1(=O)C=C2c3ccccc3CCC21. The average molecular weight is 206 g/mol. The summed E-state index contributed by atoms with van der Waals surface area (Å²) < 4.78 is 22.8. The predicted molar refractivity (Wildman–Crippen MR) is 55.4 cm³/mol. The van der Waals surface area contributed by atoms with Gasteiger partial charge in [0.15, 0.2) is 9.84 Å². The highest BCUT2D eigenvalue weighted by Crippen LogP contribution is 2.42. The zero-order chi connectivity index (χ0) is 9.76. The van der Waals surface area contributed by atoms with Gasteiger partial charge in [-0.25, -0.2) is 8.42 Å². The smallest absolute Gasteiger partial charge is 0.178 e. The van der Waals surface area contributed by atoms with E-state index in [1.165, 1.54) is 11.0 Å². The second-order valence-electron chi connectivity index (χ2n) is 3.85. The largest absolute Gasteiger partial charge is 0.224 e. The Hall–Kier alpha value is -1.09. The molecule has 3 rings (SSSR count). The zero-order valence-corrected chi connectivity index (χ0v) is 8.42. The third-order valence-corrected chi connectivity index (χ3v) is 4.90. The maximum atomic E-state index is 11.4. The molecule has 1 aromatic carbocycles. The van der Waals surface area contributed by atoms with Gasteiger partial charge in [0.1, 0.15) is 0 Å². The molecule has 1 aliphatic heterocycles. The first-order valence-corrected chi connectivity index (χ1v) is 6.33. The van der Waals surface area contributed by atoms with Crippen molar-refractivity contribution in [1.29, 1.82) is 0 Å². The fraction of sp³-hybridized carbons (Fsp3) is 0.273. The molecule has 0 bridgehead atoms. The second kappa shape index (κ2) is 2.48. The van der Waals surface area contributed by atoms with Gasteiger partial charge in [0.2, 0.25) is 0 Å². The van der Waals surface area contributed by atoms with E-state index in [4.69, 9.17) is 0 Å². The van der Waals surface area contributed by atoms with Gasteiger partial charge in [-0.1, -0.05) is 24.3 Å². The lowest BCUT2D eigenvalue weighted by Crippen LogP contribution is -2.33. The lowest BCUT2D eigenvalue weighted by Gasteiger charge is -2.32. The minimum Gasteiger partial charge on any atom is -0.224 e. The van der Waals surface area contributed by atoms with Crippen LogP contribution in [0.3, 0.4) is 0 Å². The molecule has 14 heavy (non-hydrogen) atoms. The van der Waals surface area contributed by atoms with Crippen molar-refractivity contribution in [2.45, 2.75) is 18.1 Å². The molecule has 0 saturated heterocycles. The third kappa shape index (κ3) is 0.932. The molecular weight excluding hydrogens is 196 g/mol. The van der Waals surface area contributed by atoms with Gasteiger partial charge in [0.05, 0.1) is 5.25 Å². The van der Waals surface area contributed by atoms with Crippen molar-refractivity contribution in [1.82, 2.24) is 0 Å². The number of hydrogen-bond donors (Lipinski definition) is 0. The van der Waals surface area contributed by atoms with Gasteiger partial charge >= 0.3 is 0 Å². The Morgan fingerprint density at radius 1 is 1.21 bits per heavy atom. The molecule has 1 atom stereocenters. The standard InChI is InChI=1S/C11H10O2S/c12-14(13)7-10-9-4-2-1-3-8(9)5-6-11(10)14/h1-4,7,11H,5-6H2. The van der Waals surface area contributed by atoms with Crippen LogP contribution in [0.5, 0.6) is 0 Å². The highest BCUT2D eigenvalue weighted by Gasteiger charge is 2.40. The van der Waals surface area contributed by atoms with Crippen molar-refractivity contribution in [3.05, 3.63) is 40.8 Å². The predicted octanol–water partition coefficient (Wildman–Crippen LogP) is 1.77. The monoisotopic (exact) mass is 206 g/mol. The molecule has 1 aliphatic carbocycles. The number of sulfone groups is 1. The van der Waals surface area contributed by atoms with Crippen molar-refractivity contribution in [2.75, 3.05) is 0 Å². The van der Waals surface area contributed by atoms with Crippen molar-refractivity contribution >= 4 is 15.4 Å². The highest BCUT2D eigenvalue weighted by molar-refractivity contribution is 7.97. The van der Waals surface area contributed by atoms with Crippen LogP contribution in [0, 0.1) is 0 Å². The van der Waals surface area contributed by atoms with Crippen LogP contribution in [0.25, 0.3) is 5.57 Å². The van der Waals surface area contributed by atoms with Crippen LogP contribution in [-0.4, -0.2) is 13.7 Å². The van der Waals surface area contributed by atoms with Crippen LogP contribution in [0.2, 0.25) is 0 Å². The normalized spacial score (nSPS) is 26.9. The van der Waals surface area contributed by atoms with Gasteiger partial charge in [-0.15, -0.1) is 0 Å². The van der Waals surface area contributed by atoms with E-state index in [-0.39, 0.29) is 5.25 Å². The van der Waals surface area contributed by atoms with Crippen molar-refractivity contribution in [3.8, 4) is 0 Å². The first kappa shape index (κ1) is 8.24. The van der Waals surface area contributed by atoms with E-state index in [0.29, 0.717) is 0 Å². The van der Waals surface area contributed by atoms with Gasteiger partial charge in [0.25, 0.3) is 0 Å². The summed E-state index contributed by atoms with van der Waals surface area (Å²) in [7, 11) is -2.89. The van der Waals surface area contributed by atoms with Gasteiger partial charge in [-0.3, -0.25) is 0 Å². The van der Waals surface area contributed by atoms with E-state index in [1.807, 2.05) is 18.2 Å². The summed E-state index contributed by atoms with van der Waals surface area (Å²) in [6.07, 6.45) is 1.64. The second-order valence-corrected chi connectivity index (χ2v) is 5.83. The Bertz CT molecular complexity index is 526. The molecule has 0 aromatic heterocycles. The first-order valence-electron chi connectivity index (χ1n) is 4.72. The molecule has 72 valence electrons.